The van der Waals surface area contributed by atoms with Crippen LogP contribution in [0, 0.1) is 0 Å². The Balaban J connectivity index is 1.64. The van der Waals surface area contributed by atoms with Crippen molar-refractivity contribution in [1.29, 1.82) is 0 Å². The number of nitrogens with one attached hydrogen (secondary N) is 1. The molecule has 0 saturated carbocycles. The van der Waals surface area contributed by atoms with Gasteiger partial charge in [0.1, 0.15) is 5.01 Å². The average molecular weight is 278 g/mol. The molecule has 0 fully saturated rings. The fourth-order valence-electron chi connectivity index (χ4n) is 2.41. The van der Waals surface area contributed by atoms with Crippen molar-refractivity contribution in [2.24, 2.45) is 0 Å². The van der Waals surface area contributed by atoms with E-state index in [1.165, 1.54) is 35.6 Å². The minimum Gasteiger partial charge on any atom is -0.303 e. The Morgan fingerprint density at radius 1 is 1.39 bits per heavy atom. The van der Waals surface area contributed by atoms with E-state index in [0.29, 0.717) is 6.04 Å². The molecule has 1 aliphatic rings. The van der Waals surface area contributed by atoms with E-state index >= 15 is 0 Å². The van der Waals surface area contributed by atoms with Crippen LogP contribution in [0.3, 0.4) is 0 Å². The number of rotatable bonds is 4. The van der Waals surface area contributed by atoms with Crippen molar-refractivity contribution in [1.82, 2.24) is 10.3 Å². The van der Waals surface area contributed by atoms with Gasteiger partial charge >= 0.3 is 0 Å². The van der Waals surface area contributed by atoms with Crippen LogP contribution < -0.4 is 5.32 Å². The van der Waals surface area contributed by atoms with Gasteiger partial charge in [0.15, 0.2) is 0 Å². The lowest BCUT2D eigenvalue weighted by atomic mass is 9.99. The SMILES string of the molecule is CC(NCc1nccs1)c1cc2c(s1)CCCC2. The first kappa shape index (κ1) is 12.3. The van der Waals surface area contributed by atoms with Crippen LogP contribution in [0.5, 0.6) is 0 Å². The summed E-state index contributed by atoms with van der Waals surface area (Å²) in [6.45, 7) is 3.13. The minimum absolute atomic E-state index is 0.435. The summed E-state index contributed by atoms with van der Waals surface area (Å²) in [6.07, 6.45) is 7.18. The van der Waals surface area contributed by atoms with Gasteiger partial charge in [-0.1, -0.05) is 0 Å². The third kappa shape index (κ3) is 2.66. The second kappa shape index (κ2) is 5.51. The maximum absolute atomic E-state index is 4.31. The van der Waals surface area contributed by atoms with Gasteiger partial charge in [-0.2, -0.15) is 0 Å². The van der Waals surface area contributed by atoms with Gasteiger partial charge in [0.05, 0.1) is 0 Å². The van der Waals surface area contributed by atoms with Gasteiger partial charge in [0.2, 0.25) is 0 Å². The number of aromatic nitrogens is 1. The summed E-state index contributed by atoms with van der Waals surface area (Å²) in [5, 5.41) is 6.77. The second-order valence-corrected chi connectivity index (χ2v) is 6.98. The van der Waals surface area contributed by atoms with Crippen LogP contribution in [0.15, 0.2) is 17.6 Å². The Morgan fingerprint density at radius 2 is 2.28 bits per heavy atom. The zero-order valence-corrected chi connectivity index (χ0v) is 12.2. The van der Waals surface area contributed by atoms with Gasteiger partial charge in [-0.25, -0.2) is 4.98 Å². The predicted octanol–water partition coefficient (Wildman–Crippen LogP) is 3.93. The Morgan fingerprint density at radius 3 is 3.06 bits per heavy atom. The van der Waals surface area contributed by atoms with E-state index in [-0.39, 0.29) is 0 Å². The van der Waals surface area contributed by atoms with Gasteiger partial charge in [-0.05, 0) is 44.2 Å². The van der Waals surface area contributed by atoms with E-state index in [9.17, 15) is 0 Å². The molecule has 0 aliphatic heterocycles. The summed E-state index contributed by atoms with van der Waals surface area (Å²) in [4.78, 5) is 7.42. The van der Waals surface area contributed by atoms with E-state index in [2.05, 4.69) is 23.3 Å². The Labute approximate surface area is 116 Å². The largest absolute Gasteiger partial charge is 0.303 e. The molecule has 2 heterocycles. The summed E-state index contributed by atoms with van der Waals surface area (Å²) in [6, 6.07) is 2.85. The van der Waals surface area contributed by atoms with Gasteiger partial charge in [-0.15, -0.1) is 22.7 Å². The van der Waals surface area contributed by atoms with Crippen molar-refractivity contribution in [3.8, 4) is 0 Å². The molecule has 2 aromatic heterocycles. The molecule has 0 aromatic carbocycles. The number of aryl methyl sites for hydroxylation is 2. The molecule has 1 unspecified atom stereocenters. The molecule has 0 bridgehead atoms. The van der Waals surface area contributed by atoms with Gasteiger partial charge in [0.25, 0.3) is 0 Å². The maximum Gasteiger partial charge on any atom is 0.106 e. The number of fused-ring (bicyclic) bond motifs is 1. The molecule has 2 aromatic rings. The number of hydrogen-bond acceptors (Lipinski definition) is 4. The Hall–Kier alpha value is -0.710. The highest BCUT2D eigenvalue weighted by Crippen LogP contribution is 2.32. The third-order valence-electron chi connectivity index (χ3n) is 3.49. The number of thiazole rings is 1. The Bertz CT molecular complexity index is 478. The zero-order chi connectivity index (χ0) is 12.4. The fraction of sp³-hybridized carbons (Fsp3) is 0.500. The topological polar surface area (TPSA) is 24.9 Å². The molecule has 2 nitrogen and oxygen atoms in total. The highest BCUT2D eigenvalue weighted by Gasteiger charge is 2.16. The standard InChI is InChI=1S/C14H18N2S2/c1-10(16-9-14-15-6-7-17-14)13-8-11-4-2-3-5-12(11)18-13/h6-8,10,16H,2-5,9H2,1H3. The molecule has 4 heteroatoms. The molecule has 0 radical (unpaired) electrons. The first-order valence-electron chi connectivity index (χ1n) is 6.56. The van der Waals surface area contributed by atoms with Crippen LogP contribution in [0.25, 0.3) is 0 Å². The average Bonchev–Trinajstić information content (AvgIpc) is 3.04. The van der Waals surface area contributed by atoms with E-state index in [0.717, 1.165) is 6.54 Å². The molecular formula is C14H18N2S2. The van der Waals surface area contributed by atoms with Gasteiger partial charge in [-0.3, -0.25) is 0 Å². The zero-order valence-electron chi connectivity index (χ0n) is 10.6. The summed E-state index contributed by atoms with van der Waals surface area (Å²) in [5.74, 6) is 0. The molecule has 0 saturated heterocycles. The number of hydrogen-bond donors (Lipinski definition) is 1. The van der Waals surface area contributed by atoms with Crippen LogP contribution in [0.2, 0.25) is 0 Å². The molecule has 1 aliphatic carbocycles. The van der Waals surface area contributed by atoms with Crippen molar-refractivity contribution in [3.63, 3.8) is 0 Å². The van der Waals surface area contributed by atoms with Crippen molar-refractivity contribution in [2.75, 3.05) is 0 Å². The van der Waals surface area contributed by atoms with E-state index < -0.39 is 0 Å². The summed E-state index contributed by atoms with van der Waals surface area (Å²) >= 11 is 3.72. The van der Waals surface area contributed by atoms with Gasteiger partial charge < -0.3 is 5.32 Å². The second-order valence-electron chi connectivity index (χ2n) is 4.83. The van der Waals surface area contributed by atoms with Crippen LogP contribution >= 0.6 is 22.7 Å². The van der Waals surface area contributed by atoms with E-state index in [1.807, 2.05) is 22.9 Å². The lowest BCUT2D eigenvalue weighted by molar-refractivity contribution is 0.581. The molecule has 1 N–H and O–H groups in total. The normalized spacial score (nSPS) is 16.5. The molecule has 0 spiro atoms. The molecule has 3 rings (SSSR count). The summed E-state index contributed by atoms with van der Waals surface area (Å²) < 4.78 is 0. The van der Waals surface area contributed by atoms with Crippen LogP contribution in [0.1, 0.15) is 46.1 Å². The predicted molar refractivity (Wildman–Crippen MR) is 78.3 cm³/mol. The number of thiophene rings is 1. The van der Waals surface area contributed by atoms with Crippen molar-refractivity contribution in [2.45, 2.75) is 45.2 Å². The molecule has 1 atom stereocenters. The summed E-state index contributed by atoms with van der Waals surface area (Å²) in [5.41, 5.74) is 1.60. The number of nitrogens with zero attached hydrogens (tertiary/aromatic N) is 1. The van der Waals surface area contributed by atoms with Crippen molar-refractivity contribution < 1.29 is 0 Å². The monoisotopic (exact) mass is 278 g/mol. The Kier molecular flexibility index (Phi) is 3.77. The summed E-state index contributed by atoms with van der Waals surface area (Å²) in [7, 11) is 0. The quantitative estimate of drug-likeness (QED) is 0.916. The first-order chi connectivity index (χ1) is 8.83. The molecular weight excluding hydrogens is 260 g/mol. The first-order valence-corrected chi connectivity index (χ1v) is 8.26. The van der Waals surface area contributed by atoms with Crippen LogP contribution in [0.4, 0.5) is 0 Å². The smallest absolute Gasteiger partial charge is 0.106 e. The minimum atomic E-state index is 0.435. The lowest BCUT2D eigenvalue weighted by Gasteiger charge is -2.10. The highest BCUT2D eigenvalue weighted by atomic mass is 32.1. The van der Waals surface area contributed by atoms with Crippen molar-refractivity contribution >= 4 is 22.7 Å². The lowest BCUT2D eigenvalue weighted by Crippen LogP contribution is -2.16. The van der Waals surface area contributed by atoms with Crippen LogP contribution in [-0.2, 0) is 19.4 Å². The van der Waals surface area contributed by atoms with Crippen LogP contribution in [-0.4, -0.2) is 4.98 Å². The third-order valence-corrected chi connectivity index (χ3v) is 5.68. The molecule has 96 valence electrons. The van der Waals surface area contributed by atoms with E-state index in [1.54, 1.807) is 21.8 Å². The molecule has 18 heavy (non-hydrogen) atoms. The van der Waals surface area contributed by atoms with E-state index in [4.69, 9.17) is 0 Å². The fourth-order valence-corrected chi connectivity index (χ4v) is 4.26. The molecule has 0 amide bonds. The van der Waals surface area contributed by atoms with Crippen molar-refractivity contribution in [3.05, 3.63) is 38.0 Å². The van der Waals surface area contributed by atoms with Gasteiger partial charge in [0, 0.05) is 33.9 Å². The maximum atomic E-state index is 4.31. The highest BCUT2D eigenvalue weighted by molar-refractivity contribution is 7.12.